The van der Waals surface area contributed by atoms with Crippen LogP contribution in [-0.4, -0.2) is 18.7 Å². The average molecular weight is 657 g/mol. The number of hydrogen-bond donors (Lipinski definition) is 0. The van der Waals surface area contributed by atoms with Crippen LogP contribution in [0.3, 0.4) is 0 Å². The number of hydrogen-bond acceptors (Lipinski definition) is 3. The fraction of sp³-hybridized carbons (Fsp3) is 0.0645. The molecule has 0 aliphatic carbocycles. The van der Waals surface area contributed by atoms with Gasteiger partial charge in [-0.15, -0.1) is 0 Å². The van der Waals surface area contributed by atoms with Crippen LogP contribution < -0.4 is 4.74 Å². The molecule has 5 aromatic rings. The summed E-state index contributed by atoms with van der Waals surface area (Å²) < 4.78 is 11.7. The molecule has 0 atom stereocenters. The first kappa shape index (κ1) is 30.1. The summed E-state index contributed by atoms with van der Waals surface area (Å²) in [5.74, 6) is -0.385. The van der Waals surface area contributed by atoms with E-state index in [1.54, 1.807) is 67.8 Å². The third-order valence-electron chi connectivity index (χ3n) is 6.02. The fourth-order valence-corrected chi connectivity index (χ4v) is 4.24. The Hall–Kier alpha value is -2.89. The van der Waals surface area contributed by atoms with E-state index < -0.39 is 15.1 Å². The van der Waals surface area contributed by atoms with E-state index in [0.29, 0.717) is 39.2 Å². The Labute approximate surface area is 251 Å². The van der Waals surface area contributed by atoms with Crippen molar-refractivity contribution in [2.45, 2.75) is 5.92 Å². The molecule has 1 heterocycles. The normalized spacial score (nSPS) is 11.4. The number of benzene rings is 4. The molecule has 4 aromatic carbocycles. The molecular weight excluding hydrogens is 634 g/mol. The second-order valence-electron chi connectivity index (χ2n) is 8.49. The molecule has 0 unspecified atom stereocenters. The van der Waals surface area contributed by atoms with Gasteiger partial charge >= 0.3 is 60.9 Å². The van der Waals surface area contributed by atoms with Gasteiger partial charge in [-0.25, -0.2) is 4.42 Å². The first-order chi connectivity index (χ1) is 19.2. The summed E-state index contributed by atoms with van der Waals surface area (Å²) in [5, 5.41) is 0.684. The predicted octanol–water partition coefficient (Wildman–Crippen LogP) is 9.99. The molecule has 0 bridgehead atoms. The molecule has 0 N–H and O–H groups in total. The van der Waals surface area contributed by atoms with E-state index in [-0.39, 0.29) is 11.6 Å². The first-order valence-electron chi connectivity index (χ1n) is 11.9. The summed E-state index contributed by atoms with van der Waals surface area (Å²) in [6, 6.07) is 34.7. The summed E-state index contributed by atoms with van der Waals surface area (Å²) >= 11 is 0. The van der Waals surface area contributed by atoms with Crippen molar-refractivity contribution in [3.63, 3.8) is 0 Å². The van der Waals surface area contributed by atoms with E-state index >= 15 is 0 Å². The third-order valence-corrected chi connectivity index (χ3v) is 6.02. The summed E-state index contributed by atoms with van der Waals surface area (Å²) in [5.41, 5.74) is 2.93. The van der Waals surface area contributed by atoms with E-state index in [9.17, 15) is 9.59 Å². The second-order valence-corrected chi connectivity index (χ2v) is 19.4. The van der Waals surface area contributed by atoms with Crippen molar-refractivity contribution >= 4 is 62.9 Å². The van der Waals surface area contributed by atoms with Gasteiger partial charge in [-0.2, -0.15) is 0 Å². The molecule has 0 amide bonds. The van der Waals surface area contributed by atoms with E-state index in [4.69, 9.17) is 49.5 Å². The zero-order valence-corrected chi connectivity index (χ0v) is 25.2. The van der Waals surface area contributed by atoms with Crippen molar-refractivity contribution in [2.75, 3.05) is 7.11 Å². The zero-order valence-electron chi connectivity index (χ0n) is 21.0. The molecule has 5 rings (SSSR count). The van der Waals surface area contributed by atoms with E-state index in [1.807, 2.05) is 54.6 Å². The van der Waals surface area contributed by atoms with Gasteiger partial charge in [0.2, 0.25) is 0 Å². The average Bonchev–Trinajstić information content (AvgIpc) is 2.97. The summed E-state index contributed by atoms with van der Waals surface area (Å²) in [6.07, 6.45) is 0. The van der Waals surface area contributed by atoms with E-state index in [1.165, 1.54) is 0 Å². The predicted molar refractivity (Wildman–Crippen MR) is 160 cm³/mol. The Morgan fingerprint density at radius 3 is 1.65 bits per heavy atom. The SMILES string of the molecule is COc1ccc2c(C(C(=O)c3ccccc3)C(=O)c3ccccc3)cc(-c3ccccc3)[o+]c2c1.[Cl][Fe-]([Cl])([Cl])[Cl]. The van der Waals surface area contributed by atoms with Crippen LogP contribution >= 0.6 is 40.4 Å². The van der Waals surface area contributed by atoms with Gasteiger partial charge in [0.1, 0.15) is 11.7 Å². The molecule has 1 aromatic heterocycles. The maximum absolute atomic E-state index is 13.9. The van der Waals surface area contributed by atoms with Crippen LogP contribution in [0.5, 0.6) is 5.75 Å². The van der Waals surface area contributed by atoms with Crippen LogP contribution in [0.2, 0.25) is 0 Å². The van der Waals surface area contributed by atoms with Gasteiger partial charge in [-0.1, -0.05) is 78.9 Å². The van der Waals surface area contributed by atoms with E-state index in [0.717, 1.165) is 5.56 Å². The first-order valence-corrected chi connectivity index (χ1v) is 18.0. The number of carbonyl (C=O) groups is 2. The zero-order chi connectivity index (χ0) is 28.7. The molecule has 4 nitrogen and oxygen atoms in total. The van der Waals surface area contributed by atoms with Crippen molar-refractivity contribution < 1.29 is 27.9 Å². The second kappa shape index (κ2) is 13.6. The molecule has 0 radical (unpaired) electrons. The molecule has 0 saturated carbocycles. The Kier molecular flexibility index (Phi) is 10.3. The number of ether oxygens (including phenoxy) is 1. The van der Waals surface area contributed by atoms with Crippen LogP contribution in [0.1, 0.15) is 32.2 Å². The molecule has 207 valence electrons. The van der Waals surface area contributed by atoms with Gasteiger partial charge in [-0.05, 0) is 29.8 Å². The third kappa shape index (κ3) is 7.86. The van der Waals surface area contributed by atoms with Gasteiger partial charge in [-0.3, -0.25) is 9.59 Å². The number of methoxy groups -OCH3 is 1. The number of fused-ring (bicyclic) bond motifs is 1. The minimum absolute atomic E-state index is 0.262. The van der Waals surface area contributed by atoms with Gasteiger partial charge in [0.05, 0.1) is 24.1 Å². The van der Waals surface area contributed by atoms with Crippen molar-refractivity contribution in [1.29, 1.82) is 0 Å². The van der Waals surface area contributed by atoms with Crippen molar-refractivity contribution in [2.24, 2.45) is 0 Å². The van der Waals surface area contributed by atoms with E-state index in [2.05, 4.69) is 0 Å². The summed E-state index contributed by atoms with van der Waals surface area (Å²) in [6.45, 7) is 0. The number of Topliss-reactive ketones (excluding diaryl/α,β-unsaturated/α-hetero) is 2. The number of halogens is 4. The monoisotopic (exact) mass is 655 g/mol. The van der Waals surface area contributed by atoms with Crippen LogP contribution in [0.4, 0.5) is 0 Å². The molecular formula is C31H23Cl4FeO4. The molecule has 0 aliphatic heterocycles. The minimum atomic E-state index is -2.61. The molecule has 0 fully saturated rings. The van der Waals surface area contributed by atoms with Gasteiger partial charge in [0.15, 0.2) is 11.6 Å². The maximum atomic E-state index is 13.9. The van der Waals surface area contributed by atoms with Crippen molar-refractivity contribution in [3.05, 3.63) is 132 Å². The van der Waals surface area contributed by atoms with Crippen molar-refractivity contribution in [1.82, 2.24) is 0 Å². The van der Waals surface area contributed by atoms with Crippen molar-refractivity contribution in [3.8, 4) is 17.1 Å². The number of rotatable bonds is 7. The Balaban J connectivity index is 0.000000681. The Morgan fingerprint density at radius 2 is 1.18 bits per heavy atom. The summed E-state index contributed by atoms with van der Waals surface area (Å²) in [7, 11) is 18.8. The van der Waals surface area contributed by atoms with Gasteiger partial charge in [0.25, 0.3) is 0 Å². The molecule has 0 spiro atoms. The standard InChI is InChI=1S/C31H23O4.4ClH.Fe/c1-34-24-17-18-25-26(20-27(35-28(25)19-24)21-11-5-2-6-12-21)29(30(32)22-13-7-3-8-14-22)31(33)23-15-9-4-10-16-23;;;;;/h2-20,29H,1H3;4*1H;/q+1;;;;;+3/p-4. The van der Waals surface area contributed by atoms with Crippen LogP contribution in [-0.2, 0) is 9.20 Å². The van der Waals surface area contributed by atoms with Gasteiger partial charge < -0.3 is 4.74 Å². The molecule has 40 heavy (non-hydrogen) atoms. The Bertz CT molecular complexity index is 1550. The van der Waals surface area contributed by atoms with Gasteiger partial charge in [0, 0.05) is 17.2 Å². The molecule has 0 aliphatic rings. The number of ketones is 2. The van der Waals surface area contributed by atoms with Crippen LogP contribution in [0, 0.1) is 0 Å². The Morgan fingerprint density at radius 1 is 0.700 bits per heavy atom. The van der Waals surface area contributed by atoms with Crippen LogP contribution in [0.25, 0.3) is 22.3 Å². The molecule has 9 heteroatoms. The van der Waals surface area contributed by atoms with Crippen LogP contribution in [0.15, 0.2) is 120 Å². The number of carbonyl (C=O) groups excluding carboxylic acids is 2. The quantitative estimate of drug-likeness (QED) is 0.0757. The fourth-order valence-electron chi connectivity index (χ4n) is 4.24. The molecule has 0 saturated heterocycles. The summed E-state index contributed by atoms with van der Waals surface area (Å²) in [4.78, 5) is 27.8. The topological polar surface area (TPSA) is 54.7 Å².